The van der Waals surface area contributed by atoms with Gasteiger partial charge in [-0.15, -0.1) is 0 Å². The largest absolute Gasteiger partial charge is 0.393 e. The lowest BCUT2D eigenvalue weighted by atomic mass is 10.1. The monoisotopic (exact) mass is 314 g/mol. The Balaban J connectivity index is 2.56. The average Bonchev–Trinajstić information content (AvgIpc) is 2.45. The van der Waals surface area contributed by atoms with Crippen molar-refractivity contribution in [1.82, 2.24) is 4.98 Å². The molecule has 1 aliphatic rings. The topological polar surface area (TPSA) is 161 Å². The summed E-state index contributed by atoms with van der Waals surface area (Å²) in [6, 6.07) is 1.62. The molecule has 7 N–H and O–H groups in total. The van der Waals surface area contributed by atoms with Crippen LogP contribution in [-0.4, -0.2) is 43.5 Å². The molecule has 1 aromatic rings. The zero-order chi connectivity index (χ0) is 15.6. The Kier molecular flexibility index (Phi) is 4.30. The van der Waals surface area contributed by atoms with E-state index in [1.54, 1.807) is 6.07 Å². The summed E-state index contributed by atoms with van der Waals surface area (Å²) in [5.41, 5.74) is 6.35. The van der Waals surface area contributed by atoms with Crippen LogP contribution in [0.4, 0.5) is 5.69 Å². The number of rotatable bonds is 3. The van der Waals surface area contributed by atoms with E-state index in [2.05, 4.69) is 10.1 Å². The van der Waals surface area contributed by atoms with Crippen LogP contribution in [0.15, 0.2) is 22.4 Å². The van der Waals surface area contributed by atoms with E-state index in [-0.39, 0.29) is 22.5 Å². The minimum absolute atomic E-state index is 0.0962. The van der Waals surface area contributed by atoms with Gasteiger partial charge in [-0.2, -0.15) is 5.10 Å². The molecule has 0 aliphatic carbocycles. The molecule has 0 unspecified atom stereocenters. The van der Waals surface area contributed by atoms with E-state index in [9.17, 15) is 13.5 Å². The number of hydrogen-bond acceptors (Lipinski definition) is 7. The Morgan fingerprint density at radius 2 is 2.05 bits per heavy atom. The summed E-state index contributed by atoms with van der Waals surface area (Å²) in [6.45, 7) is 1.11. The number of aliphatic hydroxyl groups is 1. The molecule has 0 atom stereocenters. The van der Waals surface area contributed by atoms with Gasteiger partial charge in [0.05, 0.1) is 17.4 Å². The summed E-state index contributed by atoms with van der Waals surface area (Å²) in [7, 11) is -4.06. The fraction of sp³-hybridized carbons (Fsp3) is 0.455. The number of pyridine rings is 1. The maximum Gasteiger partial charge on any atom is 0.256 e. The van der Waals surface area contributed by atoms with Crippen LogP contribution in [0.1, 0.15) is 18.4 Å². The van der Waals surface area contributed by atoms with Crippen LogP contribution in [0.5, 0.6) is 0 Å². The van der Waals surface area contributed by atoms with Crippen molar-refractivity contribution in [2.24, 2.45) is 21.8 Å². The van der Waals surface area contributed by atoms with Gasteiger partial charge in [0.2, 0.25) is 0 Å². The first-order valence-corrected chi connectivity index (χ1v) is 7.87. The lowest BCUT2D eigenvalue weighted by Crippen LogP contribution is -2.38. The normalized spacial score (nSPS) is 18.0. The van der Waals surface area contributed by atoms with Gasteiger partial charge in [-0.25, -0.2) is 18.5 Å². The van der Waals surface area contributed by atoms with E-state index in [0.717, 1.165) is 0 Å². The highest BCUT2D eigenvalue weighted by atomic mass is 32.2. The zero-order valence-electron chi connectivity index (χ0n) is 11.3. The first kappa shape index (κ1) is 15.5. The number of hydrogen-bond donors (Lipinski definition) is 4. The van der Waals surface area contributed by atoms with E-state index >= 15 is 0 Å². The minimum Gasteiger partial charge on any atom is -0.393 e. The number of aliphatic hydroxyl groups excluding tert-OH is 1. The molecule has 1 fully saturated rings. The van der Waals surface area contributed by atoms with Crippen molar-refractivity contribution in [3.63, 3.8) is 0 Å². The van der Waals surface area contributed by atoms with Crippen molar-refractivity contribution in [3.8, 4) is 0 Å². The predicted molar refractivity (Wildman–Crippen MR) is 78.0 cm³/mol. The summed E-state index contributed by atoms with van der Waals surface area (Å²) in [5.74, 6) is 5.02. The number of hydrazone groups is 1. The van der Waals surface area contributed by atoms with Crippen molar-refractivity contribution >= 4 is 21.5 Å². The van der Waals surface area contributed by atoms with Gasteiger partial charge in [-0.1, -0.05) is 0 Å². The van der Waals surface area contributed by atoms with Gasteiger partial charge >= 0.3 is 0 Å². The lowest BCUT2D eigenvalue weighted by molar-refractivity contribution is 0.145. The Morgan fingerprint density at radius 3 is 2.57 bits per heavy atom. The molecule has 1 aromatic heterocycles. The first-order chi connectivity index (χ1) is 9.84. The van der Waals surface area contributed by atoms with E-state index < -0.39 is 10.0 Å². The van der Waals surface area contributed by atoms with E-state index in [0.29, 0.717) is 31.6 Å². The number of nitrogens with zero attached hydrogens (tertiary/aromatic N) is 3. The van der Waals surface area contributed by atoms with Gasteiger partial charge in [0.15, 0.2) is 10.9 Å². The quantitative estimate of drug-likeness (QED) is 0.223. The molecule has 0 radical (unpaired) electrons. The van der Waals surface area contributed by atoms with E-state index in [1.807, 2.05) is 4.90 Å². The molecule has 0 bridgehead atoms. The molecule has 0 spiro atoms. The summed E-state index contributed by atoms with van der Waals surface area (Å²) in [6.07, 6.45) is 2.14. The second-order valence-electron chi connectivity index (χ2n) is 4.79. The number of piperidine rings is 1. The van der Waals surface area contributed by atoms with Crippen LogP contribution in [0, 0.1) is 0 Å². The van der Waals surface area contributed by atoms with Crippen molar-refractivity contribution < 1.29 is 13.5 Å². The summed E-state index contributed by atoms with van der Waals surface area (Å²) >= 11 is 0. The molecular weight excluding hydrogens is 296 g/mol. The van der Waals surface area contributed by atoms with Crippen LogP contribution < -0.4 is 21.6 Å². The highest BCUT2D eigenvalue weighted by Crippen LogP contribution is 2.27. The fourth-order valence-electron chi connectivity index (χ4n) is 2.32. The number of sulfonamides is 1. The Bertz CT molecular complexity index is 652. The molecule has 0 aromatic carbocycles. The average molecular weight is 314 g/mol. The number of aromatic nitrogens is 1. The molecule has 1 aliphatic heterocycles. The second kappa shape index (κ2) is 5.84. The van der Waals surface area contributed by atoms with E-state index in [1.165, 1.54) is 6.20 Å². The van der Waals surface area contributed by atoms with Crippen LogP contribution >= 0.6 is 0 Å². The molecule has 0 saturated carbocycles. The van der Waals surface area contributed by atoms with Gasteiger partial charge in [-0.05, 0) is 18.9 Å². The highest BCUT2D eigenvalue weighted by Gasteiger charge is 2.26. The second-order valence-corrected chi connectivity index (χ2v) is 6.26. The van der Waals surface area contributed by atoms with Crippen LogP contribution in [0.2, 0.25) is 0 Å². The number of amidine groups is 1. The molecule has 9 nitrogen and oxygen atoms in total. The summed E-state index contributed by atoms with van der Waals surface area (Å²) in [5, 5.41) is 17.7. The molecular formula is C11H18N6O3S. The van der Waals surface area contributed by atoms with Crippen LogP contribution in [-0.2, 0) is 10.0 Å². The Hall–Kier alpha value is -1.91. The molecule has 116 valence electrons. The van der Waals surface area contributed by atoms with Gasteiger partial charge < -0.3 is 21.6 Å². The standard InChI is InChI=1S/C11H18N6O3S/c12-10(16-13)9-8(17-5-2-7(18)3-6-17)1-4-15-11(9)21(14,19)20/h1,4,7,18H,2-3,5-6,13H2,(H2,12,16)(H2,14,19,20). The molecule has 1 saturated heterocycles. The smallest absolute Gasteiger partial charge is 0.256 e. The van der Waals surface area contributed by atoms with Crippen molar-refractivity contribution in [2.45, 2.75) is 24.0 Å². The van der Waals surface area contributed by atoms with Crippen LogP contribution in [0.3, 0.4) is 0 Å². The SMILES string of the molecule is N/N=C(\N)c1c(N2CCC(O)CC2)ccnc1S(N)(=O)=O. The zero-order valence-corrected chi connectivity index (χ0v) is 12.1. The summed E-state index contributed by atoms with van der Waals surface area (Å²) in [4.78, 5) is 5.68. The maximum atomic E-state index is 11.7. The Labute approximate surface area is 122 Å². The van der Waals surface area contributed by atoms with Gasteiger partial charge in [0.1, 0.15) is 0 Å². The Morgan fingerprint density at radius 1 is 1.43 bits per heavy atom. The molecule has 21 heavy (non-hydrogen) atoms. The number of nitrogens with two attached hydrogens (primary N) is 3. The van der Waals surface area contributed by atoms with Gasteiger partial charge in [0, 0.05) is 19.3 Å². The minimum atomic E-state index is -4.06. The highest BCUT2D eigenvalue weighted by molar-refractivity contribution is 7.89. The van der Waals surface area contributed by atoms with E-state index in [4.69, 9.17) is 16.7 Å². The third-order valence-corrected chi connectivity index (χ3v) is 4.21. The first-order valence-electron chi connectivity index (χ1n) is 6.33. The van der Waals surface area contributed by atoms with Gasteiger partial charge in [-0.3, -0.25) is 0 Å². The summed E-state index contributed by atoms with van der Waals surface area (Å²) < 4.78 is 23.3. The molecule has 10 heteroatoms. The number of primary sulfonamides is 1. The molecule has 2 rings (SSSR count). The predicted octanol–water partition coefficient (Wildman–Crippen LogP) is -1.73. The van der Waals surface area contributed by atoms with Gasteiger partial charge in [0.25, 0.3) is 10.0 Å². The van der Waals surface area contributed by atoms with Crippen molar-refractivity contribution in [3.05, 3.63) is 17.8 Å². The number of anilines is 1. The van der Waals surface area contributed by atoms with Crippen LogP contribution in [0.25, 0.3) is 0 Å². The molecule has 0 amide bonds. The fourth-order valence-corrected chi connectivity index (χ4v) is 3.03. The maximum absolute atomic E-state index is 11.7. The lowest BCUT2D eigenvalue weighted by Gasteiger charge is -2.32. The van der Waals surface area contributed by atoms with Crippen molar-refractivity contribution in [1.29, 1.82) is 0 Å². The third-order valence-electron chi connectivity index (χ3n) is 3.36. The molecule has 2 heterocycles. The van der Waals surface area contributed by atoms with Crippen molar-refractivity contribution in [2.75, 3.05) is 18.0 Å². The third kappa shape index (κ3) is 3.23.